The number of carbonyl (C=O) groups is 2. The van der Waals surface area contributed by atoms with E-state index in [1.807, 2.05) is 0 Å². The van der Waals surface area contributed by atoms with E-state index in [0.717, 1.165) is 0 Å². The average molecular weight is 346 g/mol. The standard InChI is InChI=1S/C16H12ClN3O4/c1-9-7-14(24-20-9)16(22)18-10-4-5-12(11(17)8-10)19-15(21)13-3-2-6-23-13/h2-8H,1H3,(H,18,22)(H,19,21). The van der Waals surface area contributed by atoms with Crippen molar-refractivity contribution in [1.29, 1.82) is 0 Å². The van der Waals surface area contributed by atoms with Gasteiger partial charge >= 0.3 is 0 Å². The Bertz CT molecular complexity index is 887. The third-order valence-electron chi connectivity index (χ3n) is 3.07. The monoisotopic (exact) mass is 345 g/mol. The molecule has 2 heterocycles. The van der Waals surface area contributed by atoms with Gasteiger partial charge in [-0.1, -0.05) is 16.8 Å². The van der Waals surface area contributed by atoms with Crippen LogP contribution in [0.25, 0.3) is 0 Å². The minimum atomic E-state index is -0.445. The summed E-state index contributed by atoms with van der Waals surface area (Å²) in [4.78, 5) is 23.9. The lowest BCUT2D eigenvalue weighted by Gasteiger charge is -2.08. The Morgan fingerprint density at radius 2 is 1.88 bits per heavy atom. The minimum absolute atomic E-state index is 0.0961. The van der Waals surface area contributed by atoms with Crippen molar-refractivity contribution in [3.63, 3.8) is 0 Å². The quantitative estimate of drug-likeness (QED) is 0.750. The van der Waals surface area contributed by atoms with Crippen molar-refractivity contribution in [3.05, 3.63) is 64.9 Å². The summed E-state index contributed by atoms with van der Waals surface area (Å²) in [5.41, 5.74) is 1.45. The first-order chi connectivity index (χ1) is 11.5. The Morgan fingerprint density at radius 1 is 1.08 bits per heavy atom. The van der Waals surface area contributed by atoms with Gasteiger partial charge in [0.2, 0.25) is 5.76 Å². The van der Waals surface area contributed by atoms with E-state index < -0.39 is 11.8 Å². The van der Waals surface area contributed by atoms with Gasteiger partial charge in [-0.2, -0.15) is 0 Å². The lowest BCUT2D eigenvalue weighted by atomic mass is 10.2. The lowest BCUT2D eigenvalue weighted by Crippen LogP contribution is -2.13. The van der Waals surface area contributed by atoms with E-state index in [-0.39, 0.29) is 16.5 Å². The number of aryl methyl sites for hydroxylation is 1. The Labute approximate surface area is 141 Å². The number of hydrogen-bond acceptors (Lipinski definition) is 5. The first kappa shape index (κ1) is 15.8. The third-order valence-corrected chi connectivity index (χ3v) is 3.38. The summed E-state index contributed by atoms with van der Waals surface area (Å²) in [6.07, 6.45) is 1.40. The number of nitrogens with zero attached hydrogens (tertiary/aromatic N) is 1. The van der Waals surface area contributed by atoms with E-state index in [1.54, 1.807) is 25.1 Å². The van der Waals surface area contributed by atoms with Crippen LogP contribution in [0, 0.1) is 6.92 Å². The van der Waals surface area contributed by atoms with Crippen LogP contribution >= 0.6 is 11.6 Å². The molecule has 0 aliphatic heterocycles. The molecule has 122 valence electrons. The highest BCUT2D eigenvalue weighted by Crippen LogP contribution is 2.26. The second kappa shape index (κ2) is 6.59. The second-order valence-corrected chi connectivity index (χ2v) is 5.32. The van der Waals surface area contributed by atoms with Crippen molar-refractivity contribution < 1.29 is 18.5 Å². The van der Waals surface area contributed by atoms with E-state index in [0.29, 0.717) is 17.1 Å². The van der Waals surface area contributed by atoms with Gasteiger partial charge in [-0.05, 0) is 37.3 Å². The summed E-state index contributed by atoms with van der Waals surface area (Å²) >= 11 is 6.14. The fraction of sp³-hybridized carbons (Fsp3) is 0.0625. The maximum absolute atomic E-state index is 12.0. The van der Waals surface area contributed by atoms with Crippen molar-refractivity contribution in [1.82, 2.24) is 5.16 Å². The molecule has 3 rings (SSSR count). The maximum Gasteiger partial charge on any atom is 0.294 e. The fourth-order valence-corrected chi connectivity index (χ4v) is 2.18. The smallest absolute Gasteiger partial charge is 0.294 e. The zero-order valence-electron chi connectivity index (χ0n) is 12.5. The summed E-state index contributed by atoms with van der Waals surface area (Å²) < 4.78 is 9.89. The molecule has 2 amide bonds. The van der Waals surface area contributed by atoms with Gasteiger partial charge in [0, 0.05) is 11.8 Å². The number of nitrogens with one attached hydrogen (secondary N) is 2. The van der Waals surface area contributed by atoms with Gasteiger partial charge in [-0.25, -0.2) is 0 Å². The van der Waals surface area contributed by atoms with Gasteiger partial charge in [0.1, 0.15) is 0 Å². The number of amides is 2. The van der Waals surface area contributed by atoms with Gasteiger partial charge < -0.3 is 19.6 Å². The zero-order valence-corrected chi connectivity index (χ0v) is 13.3. The average Bonchev–Trinajstić information content (AvgIpc) is 3.21. The number of rotatable bonds is 4. The minimum Gasteiger partial charge on any atom is -0.459 e. The number of anilines is 2. The zero-order chi connectivity index (χ0) is 17.1. The number of hydrogen-bond donors (Lipinski definition) is 2. The molecule has 0 atom stereocenters. The Balaban J connectivity index is 1.70. The molecule has 0 saturated carbocycles. The van der Waals surface area contributed by atoms with Gasteiger partial charge in [-0.15, -0.1) is 0 Å². The molecule has 24 heavy (non-hydrogen) atoms. The fourth-order valence-electron chi connectivity index (χ4n) is 1.95. The molecular formula is C16H12ClN3O4. The summed E-state index contributed by atoms with van der Waals surface area (Å²) in [5.74, 6) is -0.599. The first-order valence-electron chi connectivity index (χ1n) is 6.92. The van der Waals surface area contributed by atoms with Crippen LogP contribution in [0.1, 0.15) is 26.8 Å². The SMILES string of the molecule is Cc1cc(C(=O)Nc2ccc(NC(=O)c3ccco3)c(Cl)c2)on1. The topological polar surface area (TPSA) is 97.4 Å². The summed E-state index contributed by atoms with van der Waals surface area (Å²) in [5, 5.41) is 9.17. The summed E-state index contributed by atoms with van der Waals surface area (Å²) in [6, 6.07) is 9.36. The molecular weight excluding hydrogens is 334 g/mol. The molecule has 0 fully saturated rings. The Kier molecular flexibility index (Phi) is 4.35. The van der Waals surface area contributed by atoms with E-state index in [2.05, 4.69) is 15.8 Å². The van der Waals surface area contributed by atoms with Crippen LogP contribution < -0.4 is 10.6 Å². The van der Waals surface area contributed by atoms with Crippen LogP contribution in [-0.4, -0.2) is 17.0 Å². The number of carbonyl (C=O) groups excluding carboxylic acids is 2. The molecule has 0 bridgehead atoms. The molecule has 0 unspecified atom stereocenters. The summed E-state index contributed by atoms with van der Waals surface area (Å²) in [6.45, 7) is 1.72. The predicted molar refractivity (Wildman–Crippen MR) is 87.3 cm³/mol. The molecule has 0 saturated heterocycles. The molecule has 0 aliphatic carbocycles. The Morgan fingerprint density at radius 3 is 2.50 bits per heavy atom. The van der Waals surface area contributed by atoms with Crippen molar-refractivity contribution in [2.75, 3.05) is 10.6 Å². The highest BCUT2D eigenvalue weighted by Gasteiger charge is 2.14. The highest BCUT2D eigenvalue weighted by molar-refractivity contribution is 6.34. The van der Waals surface area contributed by atoms with E-state index in [9.17, 15) is 9.59 Å². The number of halogens is 1. The third kappa shape index (κ3) is 3.47. The number of benzene rings is 1. The molecule has 3 aromatic rings. The Hall–Kier alpha value is -3.06. The van der Waals surface area contributed by atoms with Gasteiger partial charge in [0.15, 0.2) is 5.76 Å². The summed E-state index contributed by atoms with van der Waals surface area (Å²) in [7, 11) is 0. The highest BCUT2D eigenvalue weighted by atomic mass is 35.5. The molecule has 0 radical (unpaired) electrons. The maximum atomic E-state index is 12.0. The van der Waals surface area contributed by atoms with Crippen LogP contribution in [0.5, 0.6) is 0 Å². The van der Waals surface area contributed by atoms with Gasteiger partial charge in [-0.3, -0.25) is 9.59 Å². The van der Waals surface area contributed by atoms with E-state index in [1.165, 1.54) is 24.5 Å². The second-order valence-electron chi connectivity index (χ2n) is 4.91. The molecule has 1 aromatic carbocycles. The van der Waals surface area contributed by atoms with Crippen molar-refractivity contribution in [2.45, 2.75) is 6.92 Å². The molecule has 2 aromatic heterocycles. The van der Waals surface area contributed by atoms with Crippen molar-refractivity contribution >= 4 is 34.8 Å². The van der Waals surface area contributed by atoms with Crippen molar-refractivity contribution in [2.24, 2.45) is 0 Å². The number of furan rings is 1. The van der Waals surface area contributed by atoms with Crippen LogP contribution in [0.4, 0.5) is 11.4 Å². The largest absolute Gasteiger partial charge is 0.459 e. The van der Waals surface area contributed by atoms with Crippen LogP contribution in [-0.2, 0) is 0 Å². The molecule has 7 nitrogen and oxygen atoms in total. The van der Waals surface area contributed by atoms with E-state index in [4.69, 9.17) is 20.5 Å². The van der Waals surface area contributed by atoms with E-state index >= 15 is 0 Å². The van der Waals surface area contributed by atoms with Gasteiger partial charge in [0.05, 0.1) is 22.7 Å². The predicted octanol–water partition coefficient (Wildman–Crippen LogP) is 3.73. The molecule has 2 N–H and O–H groups in total. The first-order valence-corrected chi connectivity index (χ1v) is 7.30. The van der Waals surface area contributed by atoms with Crippen LogP contribution in [0.2, 0.25) is 5.02 Å². The number of aromatic nitrogens is 1. The van der Waals surface area contributed by atoms with Crippen molar-refractivity contribution in [3.8, 4) is 0 Å². The lowest BCUT2D eigenvalue weighted by molar-refractivity contribution is 0.0983. The molecule has 0 aliphatic rings. The normalized spacial score (nSPS) is 10.4. The van der Waals surface area contributed by atoms with Gasteiger partial charge in [0.25, 0.3) is 11.8 Å². The van der Waals surface area contributed by atoms with Crippen LogP contribution in [0.3, 0.4) is 0 Å². The van der Waals surface area contributed by atoms with Crippen LogP contribution in [0.15, 0.2) is 51.6 Å². The molecule has 0 spiro atoms. The molecule has 8 heteroatoms.